The lowest BCUT2D eigenvalue weighted by molar-refractivity contribution is -0.138. The van der Waals surface area contributed by atoms with Crippen molar-refractivity contribution >= 4 is 44.7 Å². The molecule has 0 saturated heterocycles. The summed E-state index contributed by atoms with van der Waals surface area (Å²) >= 11 is 0. The van der Waals surface area contributed by atoms with E-state index >= 15 is 0 Å². The predicted molar refractivity (Wildman–Crippen MR) is 174 cm³/mol. The summed E-state index contributed by atoms with van der Waals surface area (Å²) in [5, 5.41) is 18.1. The molecule has 0 unspecified atom stereocenters. The molecule has 2 heterocycles. The van der Waals surface area contributed by atoms with Gasteiger partial charge in [-0.2, -0.15) is 4.72 Å². The Morgan fingerprint density at radius 2 is 1.85 bits per heavy atom. The van der Waals surface area contributed by atoms with Crippen molar-refractivity contribution in [1.29, 1.82) is 0 Å². The number of nitrogens with one attached hydrogen (secondary N) is 5. The van der Waals surface area contributed by atoms with Gasteiger partial charge in [0.05, 0.1) is 17.0 Å². The lowest BCUT2D eigenvalue weighted by Gasteiger charge is -2.19. The SMILES string of the molecule is CNC(=O)CCCOc1cc(C)c(S(=O)(=O)N[C@@H](CNC(=O)c2cn(C)c3cc(CNc4ncc[nH]4)ccc3c2=O)C(=O)O)c(C)c1. The van der Waals surface area contributed by atoms with E-state index in [0.717, 1.165) is 5.56 Å². The Labute approximate surface area is 270 Å². The number of imidazole rings is 1. The molecule has 47 heavy (non-hydrogen) atoms. The van der Waals surface area contributed by atoms with Gasteiger partial charge >= 0.3 is 5.97 Å². The Hall–Kier alpha value is -5.22. The largest absolute Gasteiger partial charge is 0.494 e. The van der Waals surface area contributed by atoms with Gasteiger partial charge in [-0.05, 0) is 61.2 Å². The van der Waals surface area contributed by atoms with Crippen molar-refractivity contribution in [2.45, 2.75) is 44.2 Å². The molecule has 2 aromatic heterocycles. The third-order valence-electron chi connectivity index (χ3n) is 7.32. The quantitative estimate of drug-likeness (QED) is 0.101. The number of anilines is 1. The van der Waals surface area contributed by atoms with Crippen LogP contribution >= 0.6 is 0 Å². The second kappa shape index (κ2) is 14.9. The van der Waals surface area contributed by atoms with Gasteiger partial charge in [-0.3, -0.25) is 19.2 Å². The number of amides is 2. The highest BCUT2D eigenvalue weighted by Gasteiger charge is 2.29. The molecule has 1 atom stereocenters. The van der Waals surface area contributed by atoms with Crippen LogP contribution < -0.4 is 30.8 Å². The number of hydrogen-bond donors (Lipinski definition) is 6. The molecule has 0 aliphatic rings. The van der Waals surface area contributed by atoms with E-state index in [1.807, 2.05) is 0 Å². The minimum absolute atomic E-state index is 0.123. The van der Waals surface area contributed by atoms with Crippen molar-refractivity contribution in [3.63, 3.8) is 0 Å². The van der Waals surface area contributed by atoms with Crippen LogP contribution in [0.2, 0.25) is 0 Å². The summed E-state index contributed by atoms with van der Waals surface area (Å²) in [5.41, 5.74) is 1.27. The van der Waals surface area contributed by atoms with Crippen molar-refractivity contribution in [1.82, 2.24) is 29.9 Å². The number of aromatic nitrogens is 3. The highest BCUT2D eigenvalue weighted by molar-refractivity contribution is 7.89. The number of aliphatic carboxylic acids is 1. The van der Waals surface area contributed by atoms with Crippen molar-refractivity contribution in [3.8, 4) is 5.75 Å². The Kier molecular flexibility index (Phi) is 11.0. The number of carboxylic acid groups (broad SMARTS) is 1. The number of rotatable bonds is 15. The van der Waals surface area contributed by atoms with Crippen molar-refractivity contribution < 1.29 is 32.6 Å². The first-order chi connectivity index (χ1) is 22.3. The Bertz CT molecular complexity index is 1930. The van der Waals surface area contributed by atoms with Gasteiger partial charge in [0.2, 0.25) is 21.4 Å². The summed E-state index contributed by atoms with van der Waals surface area (Å²) in [6.07, 6.45) is 5.39. The van der Waals surface area contributed by atoms with Gasteiger partial charge in [0.15, 0.2) is 5.95 Å². The van der Waals surface area contributed by atoms with E-state index < -0.39 is 39.9 Å². The molecule has 0 aliphatic carbocycles. The molecule has 2 amide bonds. The molecule has 0 spiro atoms. The number of aromatic amines is 1. The molecule has 6 N–H and O–H groups in total. The molecule has 0 bridgehead atoms. The molecule has 0 radical (unpaired) electrons. The normalized spacial score (nSPS) is 12.0. The molecule has 0 saturated carbocycles. The number of carbonyl (C=O) groups excluding carboxylic acids is 2. The van der Waals surface area contributed by atoms with Gasteiger partial charge in [0.25, 0.3) is 5.91 Å². The fourth-order valence-corrected chi connectivity index (χ4v) is 6.67. The average molecular weight is 668 g/mol. The summed E-state index contributed by atoms with van der Waals surface area (Å²) in [6, 6.07) is 6.43. The van der Waals surface area contributed by atoms with Crippen molar-refractivity contribution in [2.24, 2.45) is 7.05 Å². The van der Waals surface area contributed by atoms with Crippen molar-refractivity contribution in [3.05, 3.63) is 81.4 Å². The van der Waals surface area contributed by atoms with Crippen LogP contribution in [-0.4, -0.2) is 72.1 Å². The van der Waals surface area contributed by atoms with E-state index in [1.54, 1.807) is 56.1 Å². The van der Waals surface area contributed by atoms with Crippen LogP contribution in [0.25, 0.3) is 10.9 Å². The van der Waals surface area contributed by atoms with E-state index in [9.17, 15) is 32.7 Å². The molecular formula is C31H37N7O8S. The first kappa shape index (κ1) is 34.6. The standard InChI is InChI=1S/C31H37N7O8S/c1-18-12-21(46-11-5-6-26(39)32-3)13-19(2)28(18)47(44,45)37-24(30(42)43)16-35-29(41)23-17-38(4)25-14-20(7-8-22(25)27(23)40)15-36-31-33-9-10-34-31/h7-10,12-14,17,24,37H,5-6,11,15-16H2,1-4H3,(H,32,39)(H,35,41)(H,42,43)(H2,33,34,36)/t24-/m0/s1. The van der Waals surface area contributed by atoms with Crippen LogP contribution in [0, 0.1) is 13.8 Å². The predicted octanol–water partition coefficient (Wildman–Crippen LogP) is 1.56. The van der Waals surface area contributed by atoms with E-state index in [-0.39, 0.29) is 34.8 Å². The number of nitrogens with zero attached hydrogens (tertiary/aromatic N) is 2. The summed E-state index contributed by atoms with van der Waals surface area (Å²) in [6.45, 7) is 3.14. The molecule has 250 valence electrons. The number of ether oxygens (including phenoxy) is 1. The fourth-order valence-electron chi connectivity index (χ4n) is 5.03. The zero-order valence-corrected chi connectivity index (χ0v) is 27.2. The highest BCUT2D eigenvalue weighted by Crippen LogP contribution is 2.26. The molecule has 2 aromatic carbocycles. The van der Waals surface area contributed by atoms with Gasteiger partial charge in [-0.25, -0.2) is 13.4 Å². The first-order valence-corrected chi connectivity index (χ1v) is 16.1. The molecular weight excluding hydrogens is 630 g/mol. The molecule has 0 aliphatic heterocycles. The molecule has 0 fully saturated rings. The minimum Gasteiger partial charge on any atom is -0.494 e. The summed E-state index contributed by atoms with van der Waals surface area (Å²) in [5.74, 6) is -1.51. The lowest BCUT2D eigenvalue weighted by atomic mass is 10.1. The number of sulfonamides is 1. The summed E-state index contributed by atoms with van der Waals surface area (Å²) in [4.78, 5) is 56.7. The summed E-state index contributed by atoms with van der Waals surface area (Å²) in [7, 11) is -1.16. The zero-order valence-electron chi connectivity index (χ0n) is 26.3. The third-order valence-corrected chi connectivity index (χ3v) is 9.09. The second-order valence-corrected chi connectivity index (χ2v) is 12.5. The molecule has 4 aromatic rings. The maximum Gasteiger partial charge on any atom is 0.323 e. The molecule has 4 rings (SSSR count). The van der Waals surface area contributed by atoms with E-state index in [4.69, 9.17) is 4.74 Å². The van der Waals surface area contributed by atoms with Gasteiger partial charge < -0.3 is 35.3 Å². The second-order valence-electron chi connectivity index (χ2n) is 10.9. The van der Waals surface area contributed by atoms with Crippen molar-refractivity contribution in [2.75, 3.05) is 25.5 Å². The lowest BCUT2D eigenvalue weighted by Crippen LogP contribution is -2.49. The highest BCUT2D eigenvalue weighted by atomic mass is 32.2. The van der Waals surface area contributed by atoms with Crippen LogP contribution in [-0.2, 0) is 33.2 Å². The number of carboxylic acids is 1. The topological polar surface area (TPSA) is 214 Å². The molecule has 16 heteroatoms. The first-order valence-electron chi connectivity index (χ1n) is 14.6. The number of benzene rings is 2. The number of aryl methyl sites for hydroxylation is 3. The van der Waals surface area contributed by atoms with Gasteiger partial charge in [-0.15, -0.1) is 0 Å². The van der Waals surface area contributed by atoms with E-state index in [2.05, 4.69) is 30.6 Å². The monoisotopic (exact) mass is 667 g/mol. The Balaban J connectivity index is 1.44. The zero-order chi connectivity index (χ0) is 34.3. The van der Waals surface area contributed by atoms with Gasteiger partial charge in [0.1, 0.15) is 17.4 Å². The Morgan fingerprint density at radius 1 is 1.13 bits per heavy atom. The van der Waals surface area contributed by atoms with Crippen LogP contribution in [0.4, 0.5) is 5.95 Å². The third kappa shape index (κ3) is 8.53. The van der Waals surface area contributed by atoms with Crippen LogP contribution in [0.1, 0.15) is 39.9 Å². The molecule has 15 nitrogen and oxygen atoms in total. The van der Waals surface area contributed by atoms with Gasteiger partial charge in [-0.1, -0.05) is 6.07 Å². The van der Waals surface area contributed by atoms with Gasteiger partial charge in [0, 0.05) is 57.6 Å². The number of hydrogen-bond acceptors (Lipinski definition) is 9. The minimum atomic E-state index is -4.37. The number of pyridine rings is 1. The smallest absolute Gasteiger partial charge is 0.323 e. The van der Waals surface area contributed by atoms with Crippen LogP contribution in [0.3, 0.4) is 0 Å². The van der Waals surface area contributed by atoms with Crippen LogP contribution in [0.5, 0.6) is 5.75 Å². The number of fused-ring (bicyclic) bond motifs is 1. The number of carbonyl (C=O) groups is 3. The van der Waals surface area contributed by atoms with E-state index in [1.165, 1.54) is 25.4 Å². The average Bonchev–Trinajstić information content (AvgIpc) is 3.55. The van der Waals surface area contributed by atoms with E-state index in [0.29, 0.717) is 41.3 Å². The fraction of sp³-hybridized carbons (Fsp3) is 0.323. The maximum absolute atomic E-state index is 13.3. The number of H-pyrrole nitrogens is 1. The van der Waals surface area contributed by atoms with Crippen LogP contribution in [0.15, 0.2) is 58.6 Å². The maximum atomic E-state index is 13.3. The Morgan fingerprint density at radius 3 is 2.49 bits per heavy atom. The summed E-state index contributed by atoms with van der Waals surface area (Å²) < 4.78 is 36.1.